The van der Waals surface area contributed by atoms with Gasteiger partial charge in [-0.3, -0.25) is 4.79 Å². The van der Waals surface area contributed by atoms with Crippen LogP contribution in [0.5, 0.6) is 0 Å². The quantitative estimate of drug-likeness (QED) is 0.503. The predicted molar refractivity (Wildman–Crippen MR) is 84.7 cm³/mol. The summed E-state index contributed by atoms with van der Waals surface area (Å²) in [5.41, 5.74) is 6.87. The van der Waals surface area contributed by atoms with E-state index in [1.165, 1.54) is 4.58 Å². The lowest BCUT2D eigenvalue weighted by atomic mass is 9.92. The molecule has 0 bridgehead atoms. The molecule has 1 aliphatic rings. The second-order valence-corrected chi connectivity index (χ2v) is 5.87. The average molecular weight is 331 g/mol. The largest absolute Gasteiger partial charge is 0.461 e. The summed E-state index contributed by atoms with van der Waals surface area (Å²) in [5, 5.41) is 7.46. The van der Waals surface area contributed by atoms with Gasteiger partial charge in [0.15, 0.2) is 6.04 Å². The van der Waals surface area contributed by atoms with E-state index >= 15 is 0 Å². The number of carbonyl (C=O) groups is 2. The minimum absolute atomic E-state index is 0.0106. The fourth-order valence-corrected chi connectivity index (χ4v) is 2.96. The van der Waals surface area contributed by atoms with Gasteiger partial charge in [-0.15, -0.1) is 0 Å². The summed E-state index contributed by atoms with van der Waals surface area (Å²) >= 11 is 0. The Bertz CT molecular complexity index is 777. The number of amides is 1. The number of esters is 1. The predicted octanol–water partition coefficient (Wildman–Crippen LogP) is 0.889. The first-order valence-corrected chi connectivity index (χ1v) is 7.84. The van der Waals surface area contributed by atoms with Crippen molar-refractivity contribution in [2.24, 2.45) is 5.73 Å². The molecule has 0 spiro atoms. The normalized spacial score (nSPS) is 20.7. The Labute approximate surface area is 138 Å². The van der Waals surface area contributed by atoms with Gasteiger partial charge in [0, 0.05) is 12.8 Å². The first kappa shape index (κ1) is 16.3. The number of ether oxygens (including phenoxy) is 1. The molecule has 2 N–H and O–H groups in total. The number of carbonyl (C=O) groups excluding carboxylic acids is 2. The maximum absolute atomic E-state index is 12.6. The minimum atomic E-state index is -0.393. The molecule has 0 saturated heterocycles. The third-order valence-electron chi connectivity index (χ3n) is 4.31. The molecule has 1 amide bonds. The van der Waals surface area contributed by atoms with Gasteiger partial charge < -0.3 is 10.5 Å². The van der Waals surface area contributed by atoms with Crippen LogP contribution in [0.25, 0.3) is 11.0 Å². The molecule has 8 heteroatoms. The monoisotopic (exact) mass is 331 g/mol. The van der Waals surface area contributed by atoms with Crippen molar-refractivity contribution in [2.45, 2.75) is 37.8 Å². The summed E-state index contributed by atoms with van der Waals surface area (Å²) in [5.74, 6) is -0.571. The highest BCUT2D eigenvalue weighted by molar-refractivity contribution is 5.92. The highest BCUT2D eigenvalue weighted by Crippen LogP contribution is 2.24. The molecule has 0 radical (unpaired) electrons. The highest BCUT2D eigenvalue weighted by atomic mass is 16.6. The molecule has 2 aromatic rings. The van der Waals surface area contributed by atoms with Crippen LogP contribution in [0.1, 0.15) is 36.0 Å². The summed E-state index contributed by atoms with van der Waals surface area (Å²) in [7, 11) is 0. The number of rotatable bonds is 4. The van der Waals surface area contributed by atoms with Crippen LogP contribution in [0.15, 0.2) is 22.8 Å². The van der Waals surface area contributed by atoms with Crippen molar-refractivity contribution in [2.75, 3.05) is 6.54 Å². The SMILES string of the molecule is C=[N+](C(=O)c1ccc2nonc2c1)C1CCC(OC(=O)CN)CC1. The highest BCUT2D eigenvalue weighted by Gasteiger charge is 2.33. The topological polar surface area (TPSA) is 111 Å². The summed E-state index contributed by atoms with van der Waals surface area (Å²) < 4.78 is 11.4. The number of hydrogen-bond donors (Lipinski definition) is 1. The van der Waals surface area contributed by atoms with Crippen molar-refractivity contribution < 1.29 is 23.5 Å². The van der Waals surface area contributed by atoms with E-state index in [1.807, 2.05) is 0 Å². The summed E-state index contributed by atoms with van der Waals surface area (Å²) in [6.07, 6.45) is 2.72. The second-order valence-electron chi connectivity index (χ2n) is 5.87. The molecule has 3 rings (SSSR count). The van der Waals surface area contributed by atoms with Crippen LogP contribution in [0.3, 0.4) is 0 Å². The first-order chi connectivity index (χ1) is 11.6. The van der Waals surface area contributed by atoms with E-state index in [0.29, 0.717) is 29.4 Å². The third kappa shape index (κ3) is 3.33. The van der Waals surface area contributed by atoms with E-state index in [0.717, 1.165) is 12.8 Å². The zero-order valence-electron chi connectivity index (χ0n) is 13.2. The van der Waals surface area contributed by atoms with Crippen molar-refractivity contribution in [1.29, 1.82) is 0 Å². The van der Waals surface area contributed by atoms with Gasteiger partial charge in [0.1, 0.15) is 23.9 Å². The van der Waals surface area contributed by atoms with Crippen LogP contribution >= 0.6 is 0 Å². The third-order valence-corrected chi connectivity index (χ3v) is 4.31. The molecule has 24 heavy (non-hydrogen) atoms. The molecule has 0 unspecified atom stereocenters. The van der Waals surface area contributed by atoms with Crippen LogP contribution in [0, 0.1) is 0 Å². The van der Waals surface area contributed by atoms with Crippen LogP contribution in [0.4, 0.5) is 0 Å². The molecule has 1 aromatic carbocycles. The number of nitrogens with two attached hydrogens (primary N) is 1. The van der Waals surface area contributed by atoms with Crippen LogP contribution in [-0.4, -0.2) is 52.2 Å². The first-order valence-electron chi connectivity index (χ1n) is 7.84. The lowest BCUT2D eigenvalue weighted by Gasteiger charge is -2.25. The molecular weight excluding hydrogens is 312 g/mol. The molecule has 0 atom stereocenters. The van der Waals surface area contributed by atoms with Crippen molar-refractivity contribution in [3.05, 3.63) is 23.8 Å². The van der Waals surface area contributed by atoms with Crippen LogP contribution in [0.2, 0.25) is 0 Å². The fourth-order valence-electron chi connectivity index (χ4n) is 2.96. The average Bonchev–Trinajstić information content (AvgIpc) is 3.08. The van der Waals surface area contributed by atoms with Gasteiger partial charge in [0.25, 0.3) is 0 Å². The molecule has 8 nitrogen and oxygen atoms in total. The van der Waals surface area contributed by atoms with E-state index in [9.17, 15) is 9.59 Å². The number of aromatic nitrogens is 2. The standard InChI is InChI=1S/C16H19N4O4/c1-20(11-3-5-12(6-4-11)23-15(21)9-17)16(22)10-2-7-13-14(8-10)19-24-18-13/h2,7-8,11-12H,1,3-6,9,17H2/q+1. The molecular formula is C16H19N4O4+. The molecule has 1 saturated carbocycles. The maximum atomic E-state index is 12.6. The van der Waals surface area contributed by atoms with Gasteiger partial charge >= 0.3 is 11.9 Å². The molecule has 1 fully saturated rings. The lowest BCUT2D eigenvalue weighted by Crippen LogP contribution is -2.37. The van der Waals surface area contributed by atoms with Crippen molar-refractivity contribution in [3.8, 4) is 0 Å². The van der Waals surface area contributed by atoms with E-state index in [-0.39, 0.29) is 24.6 Å². The van der Waals surface area contributed by atoms with Gasteiger partial charge in [-0.2, -0.15) is 4.58 Å². The van der Waals surface area contributed by atoms with Crippen LogP contribution in [-0.2, 0) is 9.53 Å². The number of nitrogens with zero attached hydrogens (tertiary/aromatic N) is 3. The van der Waals surface area contributed by atoms with Gasteiger partial charge in [0.2, 0.25) is 0 Å². The Morgan fingerprint density at radius 1 is 1.25 bits per heavy atom. The number of benzene rings is 1. The van der Waals surface area contributed by atoms with Crippen molar-refractivity contribution in [1.82, 2.24) is 10.3 Å². The minimum Gasteiger partial charge on any atom is -0.461 e. The molecule has 1 aromatic heterocycles. The molecule has 1 aliphatic carbocycles. The van der Waals surface area contributed by atoms with E-state index in [4.69, 9.17) is 10.5 Å². The summed E-state index contributed by atoms with van der Waals surface area (Å²) in [4.78, 5) is 23.8. The van der Waals surface area contributed by atoms with Crippen molar-refractivity contribution in [3.63, 3.8) is 0 Å². The van der Waals surface area contributed by atoms with Crippen molar-refractivity contribution >= 4 is 29.6 Å². The Hall–Kier alpha value is -2.61. The lowest BCUT2D eigenvalue weighted by molar-refractivity contribution is -0.469. The molecule has 0 aliphatic heterocycles. The van der Waals surface area contributed by atoms with Crippen LogP contribution < -0.4 is 5.73 Å². The molecule has 1 heterocycles. The number of hydrogen-bond acceptors (Lipinski definition) is 7. The Kier molecular flexibility index (Phi) is 4.66. The number of fused-ring (bicyclic) bond motifs is 1. The van der Waals surface area contributed by atoms with Gasteiger partial charge in [-0.25, -0.2) is 9.42 Å². The van der Waals surface area contributed by atoms with E-state index < -0.39 is 5.97 Å². The Morgan fingerprint density at radius 2 is 1.96 bits per heavy atom. The fraction of sp³-hybridized carbons (Fsp3) is 0.438. The second kappa shape index (κ2) is 6.88. The van der Waals surface area contributed by atoms with E-state index in [1.54, 1.807) is 18.2 Å². The van der Waals surface area contributed by atoms with Gasteiger partial charge in [0.05, 0.1) is 12.1 Å². The summed E-state index contributed by atoms with van der Waals surface area (Å²) in [6, 6.07) is 5.02. The Balaban J connectivity index is 1.62. The smallest absolute Gasteiger partial charge is 0.419 e. The van der Waals surface area contributed by atoms with Gasteiger partial charge in [-0.05, 0) is 41.4 Å². The summed E-state index contributed by atoms with van der Waals surface area (Å²) in [6.45, 7) is 3.79. The molecule has 126 valence electrons. The zero-order chi connectivity index (χ0) is 17.1. The maximum Gasteiger partial charge on any atom is 0.419 e. The Morgan fingerprint density at radius 3 is 2.67 bits per heavy atom. The van der Waals surface area contributed by atoms with Gasteiger partial charge in [-0.1, -0.05) is 0 Å². The zero-order valence-corrected chi connectivity index (χ0v) is 13.2. The van der Waals surface area contributed by atoms with E-state index in [2.05, 4.69) is 21.7 Å².